The van der Waals surface area contributed by atoms with Crippen molar-refractivity contribution in [1.82, 2.24) is 19.2 Å². The zero-order valence-electron chi connectivity index (χ0n) is 14.9. The third kappa shape index (κ3) is 3.76. The number of hydrogen-bond acceptors (Lipinski definition) is 5. The van der Waals surface area contributed by atoms with Crippen molar-refractivity contribution >= 4 is 15.9 Å². The van der Waals surface area contributed by atoms with Crippen LogP contribution in [0.5, 0.6) is 0 Å². The Morgan fingerprint density at radius 2 is 1.88 bits per heavy atom. The van der Waals surface area contributed by atoms with Gasteiger partial charge in [0.25, 0.3) is 5.91 Å². The maximum Gasteiger partial charge on any atom is 0.274 e. The van der Waals surface area contributed by atoms with Crippen molar-refractivity contribution < 1.29 is 13.2 Å². The van der Waals surface area contributed by atoms with E-state index in [0.29, 0.717) is 31.0 Å². The summed E-state index contributed by atoms with van der Waals surface area (Å²) in [4.78, 5) is 22.4. The molecule has 2 aromatic rings. The molecular formula is C18H22N4O3S. The summed E-state index contributed by atoms with van der Waals surface area (Å²) in [6.45, 7) is 5.22. The highest BCUT2D eigenvalue weighted by atomic mass is 32.2. The van der Waals surface area contributed by atoms with Crippen LogP contribution in [0.25, 0.3) is 0 Å². The molecule has 0 saturated carbocycles. The smallest absolute Gasteiger partial charge is 0.274 e. The molecule has 1 aromatic heterocycles. The van der Waals surface area contributed by atoms with Crippen LogP contribution in [0.1, 0.15) is 28.0 Å². The summed E-state index contributed by atoms with van der Waals surface area (Å²) in [5, 5.41) is 0. The maximum atomic E-state index is 13.0. The molecule has 138 valence electrons. The Morgan fingerprint density at radius 1 is 1.08 bits per heavy atom. The Morgan fingerprint density at radius 3 is 2.58 bits per heavy atom. The first-order chi connectivity index (χ1) is 12.4. The second-order valence-corrected chi connectivity index (χ2v) is 8.32. The summed E-state index contributed by atoms with van der Waals surface area (Å²) in [5.41, 5.74) is 2.04. The van der Waals surface area contributed by atoms with E-state index in [-0.39, 0.29) is 18.1 Å². The number of amides is 1. The van der Waals surface area contributed by atoms with E-state index in [1.54, 1.807) is 11.0 Å². The van der Waals surface area contributed by atoms with Crippen LogP contribution in [0.4, 0.5) is 0 Å². The predicted molar refractivity (Wildman–Crippen MR) is 97.2 cm³/mol. The van der Waals surface area contributed by atoms with Crippen LogP contribution in [0, 0.1) is 13.8 Å². The molecule has 0 atom stereocenters. The molecule has 0 N–H and O–H groups in total. The summed E-state index contributed by atoms with van der Waals surface area (Å²) in [7, 11) is -3.58. The van der Waals surface area contributed by atoms with Crippen LogP contribution in [-0.2, 0) is 10.0 Å². The van der Waals surface area contributed by atoms with E-state index in [1.165, 1.54) is 22.9 Å². The molecular weight excluding hydrogens is 352 g/mol. The molecule has 26 heavy (non-hydrogen) atoms. The minimum Gasteiger partial charge on any atom is -0.336 e. The van der Waals surface area contributed by atoms with E-state index < -0.39 is 10.0 Å². The fraction of sp³-hybridized carbons (Fsp3) is 0.389. The first kappa shape index (κ1) is 18.5. The van der Waals surface area contributed by atoms with Crippen molar-refractivity contribution in [3.63, 3.8) is 0 Å². The highest BCUT2D eigenvalue weighted by molar-refractivity contribution is 7.89. The number of rotatable bonds is 3. The lowest BCUT2D eigenvalue weighted by Crippen LogP contribution is -2.37. The van der Waals surface area contributed by atoms with Crippen LogP contribution in [0.15, 0.2) is 41.7 Å². The van der Waals surface area contributed by atoms with Crippen LogP contribution in [-0.4, -0.2) is 59.7 Å². The van der Waals surface area contributed by atoms with Crippen molar-refractivity contribution in [3.8, 4) is 0 Å². The van der Waals surface area contributed by atoms with Crippen molar-refractivity contribution in [1.29, 1.82) is 0 Å². The molecule has 8 heteroatoms. The average Bonchev–Trinajstić information content (AvgIpc) is 2.88. The molecule has 1 aliphatic rings. The van der Waals surface area contributed by atoms with Crippen LogP contribution >= 0.6 is 0 Å². The average molecular weight is 374 g/mol. The molecule has 0 aliphatic carbocycles. The number of aromatic nitrogens is 2. The second kappa shape index (κ2) is 7.51. The van der Waals surface area contributed by atoms with Gasteiger partial charge >= 0.3 is 0 Å². The summed E-state index contributed by atoms with van der Waals surface area (Å²) in [6, 6.07) is 5.34. The number of carbonyl (C=O) groups is 1. The zero-order valence-corrected chi connectivity index (χ0v) is 15.7. The van der Waals surface area contributed by atoms with Crippen LogP contribution < -0.4 is 0 Å². The van der Waals surface area contributed by atoms with Crippen molar-refractivity contribution in [3.05, 3.63) is 53.6 Å². The van der Waals surface area contributed by atoms with Gasteiger partial charge in [-0.25, -0.2) is 13.4 Å². The van der Waals surface area contributed by atoms with Gasteiger partial charge < -0.3 is 4.90 Å². The van der Waals surface area contributed by atoms with Crippen molar-refractivity contribution in [2.24, 2.45) is 0 Å². The van der Waals surface area contributed by atoms with Gasteiger partial charge in [-0.05, 0) is 31.9 Å². The van der Waals surface area contributed by atoms with E-state index in [2.05, 4.69) is 9.97 Å². The van der Waals surface area contributed by atoms with Gasteiger partial charge in [0.15, 0.2) is 0 Å². The normalized spacial score (nSPS) is 16.3. The first-order valence-electron chi connectivity index (χ1n) is 8.52. The summed E-state index contributed by atoms with van der Waals surface area (Å²) in [5.74, 6) is -0.219. The summed E-state index contributed by atoms with van der Waals surface area (Å²) >= 11 is 0. The number of carbonyl (C=O) groups excluding carboxylic acids is 1. The first-order valence-corrected chi connectivity index (χ1v) is 9.96. The van der Waals surface area contributed by atoms with Crippen molar-refractivity contribution in [2.45, 2.75) is 25.2 Å². The van der Waals surface area contributed by atoms with Gasteiger partial charge in [0, 0.05) is 38.6 Å². The molecule has 7 nitrogen and oxygen atoms in total. The molecule has 0 spiro atoms. The summed E-state index contributed by atoms with van der Waals surface area (Å²) < 4.78 is 27.5. The van der Waals surface area contributed by atoms with Gasteiger partial charge in [0.1, 0.15) is 5.69 Å². The third-order valence-electron chi connectivity index (χ3n) is 4.47. The van der Waals surface area contributed by atoms with Gasteiger partial charge in [-0.3, -0.25) is 9.78 Å². The van der Waals surface area contributed by atoms with Crippen molar-refractivity contribution in [2.75, 3.05) is 26.2 Å². The lowest BCUT2D eigenvalue weighted by molar-refractivity contribution is 0.0758. The molecule has 2 heterocycles. The molecule has 1 aromatic carbocycles. The Bertz CT molecular complexity index is 900. The highest BCUT2D eigenvalue weighted by Gasteiger charge is 2.29. The minimum atomic E-state index is -3.58. The van der Waals surface area contributed by atoms with E-state index in [0.717, 1.165) is 11.1 Å². The zero-order chi connectivity index (χ0) is 18.7. The largest absolute Gasteiger partial charge is 0.336 e. The van der Waals surface area contributed by atoms with E-state index in [1.807, 2.05) is 26.0 Å². The molecule has 0 bridgehead atoms. The molecule has 1 saturated heterocycles. The Balaban J connectivity index is 1.77. The molecule has 0 radical (unpaired) electrons. The third-order valence-corrected chi connectivity index (χ3v) is 6.53. The predicted octanol–water partition coefficient (Wildman–Crippen LogP) is 1.63. The van der Waals surface area contributed by atoms with Gasteiger partial charge in [-0.15, -0.1) is 0 Å². The molecule has 3 rings (SSSR count). The van der Waals surface area contributed by atoms with Gasteiger partial charge in [0.05, 0.1) is 11.1 Å². The molecule has 1 fully saturated rings. The van der Waals surface area contributed by atoms with Gasteiger partial charge in [-0.2, -0.15) is 4.31 Å². The number of aryl methyl sites for hydroxylation is 2. The molecule has 0 unspecified atom stereocenters. The van der Waals surface area contributed by atoms with E-state index in [9.17, 15) is 13.2 Å². The minimum absolute atomic E-state index is 0.219. The fourth-order valence-corrected chi connectivity index (χ4v) is 4.81. The van der Waals surface area contributed by atoms with Crippen LogP contribution in [0.2, 0.25) is 0 Å². The van der Waals surface area contributed by atoms with Crippen LogP contribution in [0.3, 0.4) is 0 Å². The lowest BCUT2D eigenvalue weighted by Gasteiger charge is -2.22. The standard InChI is InChI=1S/C18H22N4O3S/c1-14-4-5-17(15(2)12-14)26(24,25)22-9-3-8-21(10-11-22)18(23)16-13-19-6-7-20-16/h4-7,12-13H,3,8-11H2,1-2H3. The van der Waals surface area contributed by atoms with E-state index in [4.69, 9.17) is 0 Å². The number of benzene rings is 1. The molecule has 1 amide bonds. The monoisotopic (exact) mass is 374 g/mol. The van der Waals surface area contributed by atoms with Gasteiger partial charge in [0.2, 0.25) is 10.0 Å². The summed E-state index contributed by atoms with van der Waals surface area (Å²) in [6.07, 6.45) is 4.99. The number of nitrogens with zero attached hydrogens (tertiary/aromatic N) is 4. The van der Waals surface area contributed by atoms with E-state index >= 15 is 0 Å². The van der Waals surface area contributed by atoms with Gasteiger partial charge in [-0.1, -0.05) is 17.7 Å². The number of hydrogen-bond donors (Lipinski definition) is 0. The fourth-order valence-electron chi connectivity index (χ4n) is 3.14. The topological polar surface area (TPSA) is 83.5 Å². The Hall–Kier alpha value is -2.32. The Labute approximate surface area is 153 Å². The molecule has 1 aliphatic heterocycles. The second-order valence-electron chi connectivity index (χ2n) is 6.41. The quantitative estimate of drug-likeness (QED) is 0.815. The highest BCUT2D eigenvalue weighted by Crippen LogP contribution is 2.22. The number of sulfonamides is 1. The maximum absolute atomic E-state index is 13.0. The lowest BCUT2D eigenvalue weighted by atomic mass is 10.2. The Kier molecular flexibility index (Phi) is 5.33. The SMILES string of the molecule is Cc1ccc(S(=O)(=O)N2CCCN(C(=O)c3cnccn3)CC2)c(C)c1.